The van der Waals surface area contributed by atoms with Crippen molar-refractivity contribution in [2.75, 3.05) is 28.3 Å². The molecule has 0 radical (unpaired) electrons. The topological polar surface area (TPSA) is 49.4 Å². The molecule has 1 aromatic carbocycles. The summed E-state index contributed by atoms with van der Waals surface area (Å²) in [5.74, 6) is 1.06. The van der Waals surface area contributed by atoms with Crippen LogP contribution in [0.4, 0.5) is 11.4 Å². The van der Waals surface area contributed by atoms with Gasteiger partial charge in [-0.2, -0.15) is 0 Å². The molecular formula is C11H12N2O2S. The molecule has 1 amide bonds. The minimum atomic E-state index is -0.859. The molecule has 0 aliphatic carbocycles. The van der Waals surface area contributed by atoms with Crippen LogP contribution in [0.25, 0.3) is 0 Å². The summed E-state index contributed by atoms with van der Waals surface area (Å²) >= 11 is 0. The van der Waals surface area contributed by atoms with Crippen LogP contribution in [0.5, 0.6) is 0 Å². The van der Waals surface area contributed by atoms with Crippen molar-refractivity contribution in [3.63, 3.8) is 0 Å². The maximum absolute atomic E-state index is 11.8. The number of hydrogen-bond acceptors (Lipinski definition) is 3. The summed E-state index contributed by atoms with van der Waals surface area (Å²) in [6.07, 6.45) is 0. The zero-order valence-corrected chi connectivity index (χ0v) is 9.50. The predicted octanol–water partition coefficient (Wildman–Crippen LogP) is 0.576. The second-order valence-corrected chi connectivity index (χ2v) is 5.65. The Morgan fingerprint density at radius 1 is 1.38 bits per heavy atom. The maximum Gasteiger partial charge on any atom is 0.248 e. The Morgan fingerprint density at radius 2 is 2.19 bits per heavy atom. The molecule has 0 aromatic heterocycles. The average molecular weight is 236 g/mol. The Balaban J connectivity index is 2.04. The highest BCUT2D eigenvalue weighted by atomic mass is 32.2. The SMILES string of the molecule is O=C1Nc2ccccc2N2CCS(=O)CC12. The van der Waals surface area contributed by atoms with Gasteiger partial charge in [0.2, 0.25) is 5.91 Å². The Bertz CT molecular complexity index is 475. The largest absolute Gasteiger partial charge is 0.356 e. The first kappa shape index (κ1) is 9.84. The summed E-state index contributed by atoms with van der Waals surface area (Å²) in [6.45, 7) is 0.696. The predicted molar refractivity (Wildman–Crippen MR) is 64.1 cm³/mol. The highest BCUT2D eigenvalue weighted by Crippen LogP contribution is 2.33. The number of amides is 1. The van der Waals surface area contributed by atoms with Crippen LogP contribution in [0.15, 0.2) is 24.3 Å². The summed E-state index contributed by atoms with van der Waals surface area (Å²) in [4.78, 5) is 13.9. The first-order valence-electron chi connectivity index (χ1n) is 5.27. The van der Waals surface area contributed by atoms with Gasteiger partial charge in [0.15, 0.2) is 0 Å². The number of nitrogens with one attached hydrogen (secondary N) is 1. The smallest absolute Gasteiger partial charge is 0.248 e. The van der Waals surface area contributed by atoms with Gasteiger partial charge in [0.1, 0.15) is 6.04 Å². The molecule has 2 aliphatic rings. The van der Waals surface area contributed by atoms with E-state index in [0.717, 1.165) is 11.4 Å². The molecule has 2 unspecified atom stereocenters. The lowest BCUT2D eigenvalue weighted by atomic mass is 10.1. The van der Waals surface area contributed by atoms with E-state index in [2.05, 4.69) is 10.2 Å². The molecule has 1 aromatic rings. The number of para-hydroxylation sites is 2. The summed E-state index contributed by atoms with van der Waals surface area (Å²) < 4.78 is 11.5. The van der Waals surface area contributed by atoms with Crippen molar-refractivity contribution in [3.8, 4) is 0 Å². The van der Waals surface area contributed by atoms with E-state index in [0.29, 0.717) is 18.1 Å². The fourth-order valence-electron chi connectivity index (χ4n) is 2.26. The average Bonchev–Trinajstić information content (AvgIpc) is 2.29. The number of rotatable bonds is 0. The lowest BCUT2D eigenvalue weighted by Gasteiger charge is -2.40. The highest BCUT2D eigenvalue weighted by Gasteiger charge is 2.36. The van der Waals surface area contributed by atoms with Gasteiger partial charge in [-0.05, 0) is 12.1 Å². The van der Waals surface area contributed by atoms with Crippen molar-refractivity contribution in [2.24, 2.45) is 0 Å². The molecule has 0 spiro atoms. The van der Waals surface area contributed by atoms with Gasteiger partial charge in [0.25, 0.3) is 0 Å². The number of fused-ring (bicyclic) bond motifs is 3. The third-order valence-electron chi connectivity index (χ3n) is 3.05. The Kier molecular flexibility index (Phi) is 2.21. The molecule has 1 fully saturated rings. The number of nitrogens with zero attached hydrogens (tertiary/aromatic N) is 1. The van der Waals surface area contributed by atoms with Gasteiger partial charge >= 0.3 is 0 Å². The van der Waals surface area contributed by atoms with Crippen LogP contribution in [0.2, 0.25) is 0 Å². The van der Waals surface area contributed by atoms with E-state index in [1.165, 1.54) is 0 Å². The molecule has 1 N–H and O–H groups in total. The molecule has 5 heteroatoms. The van der Waals surface area contributed by atoms with E-state index in [4.69, 9.17) is 0 Å². The van der Waals surface area contributed by atoms with Crippen molar-refractivity contribution in [1.82, 2.24) is 0 Å². The van der Waals surface area contributed by atoms with Crippen LogP contribution in [-0.4, -0.2) is 34.2 Å². The Labute approximate surface area is 96.1 Å². The molecule has 2 aliphatic heterocycles. The van der Waals surface area contributed by atoms with E-state index < -0.39 is 10.8 Å². The second-order valence-electron chi connectivity index (χ2n) is 4.03. The molecule has 16 heavy (non-hydrogen) atoms. The van der Waals surface area contributed by atoms with Crippen LogP contribution in [0, 0.1) is 0 Å². The molecule has 3 rings (SSSR count). The van der Waals surface area contributed by atoms with Crippen molar-refractivity contribution < 1.29 is 9.00 Å². The molecule has 84 valence electrons. The summed E-state index contributed by atoms with van der Waals surface area (Å²) in [5, 5.41) is 2.86. The molecule has 0 saturated carbocycles. The first-order chi connectivity index (χ1) is 7.75. The zero-order valence-electron chi connectivity index (χ0n) is 8.68. The number of anilines is 2. The minimum Gasteiger partial charge on any atom is -0.356 e. The number of carbonyl (C=O) groups excluding carboxylic acids is 1. The van der Waals surface area contributed by atoms with E-state index in [1.807, 2.05) is 24.3 Å². The third-order valence-corrected chi connectivity index (χ3v) is 4.38. The maximum atomic E-state index is 11.8. The Hall–Kier alpha value is -1.36. The fraction of sp³-hybridized carbons (Fsp3) is 0.364. The molecule has 1 saturated heterocycles. The van der Waals surface area contributed by atoms with Gasteiger partial charge in [-0.15, -0.1) is 0 Å². The minimum absolute atomic E-state index is 0.0354. The van der Waals surface area contributed by atoms with Gasteiger partial charge in [0.05, 0.1) is 17.1 Å². The van der Waals surface area contributed by atoms with Gasteiger partial charge < -0.3 is 10.2 Å². The lowest BCUT2D eigenvalue weighted by molar-refractivity contribution is -0.117. The van der Waals surface area contributed by atoms with E-state index in [9.17, 15) is 9.00 Å². The molecule has 4 nitrogen and oxygen atoms in total. The van der Waals surface area contributed by atoms with Gasteiger partial charge in [0, 0.05) is 23.1 Å². The van der Waals surface area contributed by atoms with Crippen molar-refractivity contribution >= 4 is 28.1 Å². The second kappa shape index (κ2) is 3.59. The monoisotopic (exact) mass is 236 g/mol. The van der Waals surface area contributed by atoms with Crippen molar-refractivity contribution in [2.45, 2.75) is 6.04 Å². The van der Waals surface area contributed by atoms with Crippen LogP contribution >= 0.6 is 0 Å². The van der Waals surface area contributed by atoms with Crippen LogP contribution < -0.4 is 10.2 Å². The lowest BCUT2D eigenvalue weighted by Crippen LogP contribution is -2.55. The number of carbonyl (C=O) groups is 1. The third kappa shape index (κ3) is 1.43. The van der Waals surface area contributed by atoms with Crippen LogP contribution in [0.1, 0.15) is 0 Å². The van der Waals surface area contributed by atoms with Crippen LogP contribution in [-0.2, 0) is 15.6 Å². The number of benzene rings is 1. The van der Waals surface area contributed by atoms with Gasteiger partial charge in [-0.3, -0.25) is 9.00 Å². The molecular weight excluding hydrogens is 224 g/mol. The normalized spacial score (nSPS) is 28.0. The van der Waals surface area contributed by atoms with E-state index in [1.54, 1.807) is 0 Å². The highest BCUT2D eigenvalue weighted by molar-refractivity contribution is 7.85. The van der Waals surface area contributed by atoms with Gasteiger partial charge in [-0.25, -0.2) is 0 Å². The van der Waals surface area contributed by atoms with E-state index >= 15 is 0 Å². The molecule has 2 atom stereocenters. The van der Waals surface area contributed by atoms with E-state index in [-0.39, 0.29) is 11.9 Å². The Morgan fingerprint density at radius 3 is 3.06 bits per heavy atom. The van der Waals surface area contributed by atoms with Gasteiger partial charge in [-0.1, -0.05) is 12.1 Å². The molecule has 0 bridgehead atoms. The molecule has 2 heterocycles. The van der Waals surface area contributed by atoms with Crippen molar-refractivity contribution in [3.05, 3.63) is 24.3 Å². The fourth-order valence-corrected chi connectivity index (χ4v) is 3.51. The van der Waals surface area contributed by atoms with Crippen LogP contribution in [0.3, 0.4) is 0 Å². The number of hydrogen-bond donors (Lipinski definition) is 1. The quantitative estimate of drug-likeness (QED) is 0.716. The zero-order chi connectivity index (χ0) is 11.1. The summed E-state index contributed by atoms with van der Waals surface area (Å²) in [6, 6.07) is 7.50. The standard InChI is InChI=1S/C11H12N2O2S/c14-11-10-7-16(15)6-5-13(10)9-4-2-1-3-8(9)12-11/h1-4,10H,5-7H2,(H,12,14). The summed E-state index contributed by atoms with van der Waals surface area (Å²) in [7, 11) is -0.859. The first-order valence-corrected chi connectivity index (χ1v) is 6.76. The van der Waals surface area contributed by atoms with Crippen molar-refractivity contribution in [1.29, 1.82) is 0 Å². The summed E-state index contributed by atoms with van der Waals surface area (Å²) in [5.41, 5.74) is 1.90.